The summed E-state index contributed by atoms with van der Waals surface area (Å²) in [6.45, 7) is 4.38. The van der Waals surface area contributed by atoms with Crippen LogP contribution in [0.1, 0.15) is 38.3 Å². The van der Waals surface area contributed by atoms with Gasteiger partial charge in [0.1, 0.15) is 0 Å². The maximum absolute atomic E-state index is 5.68. The van der Waals surface area contributed by atoms with Crippen molar-refractivity contribution in [1.82, 2.24) is 20.0 Å². The lowest BCUT2D eigenvalue weighted by Crippen LogP contribution is -2.32. The van der Waals surface area contributed by atoms with Crippen LogP contribution >= 0.6 is 0 Å². The molecule has 17 heavy (non-hydrogen) atoms. The molecule has 0 aromatic carbocycles. The van der Waals surface area contributed by atoms with Crippen molar-refractivity contribution in [3.63, 3.8) is 0 Å². The first-order chi connectivity index (χ1) is 8.27. The lowest BCUT2D eigenvalue weighted by atomic mass is 9.92. The lowest BCUT2D eigenvalue weighted by molar-refractivity contribution is 0.370. The third kappa shape index (κ3) is 2.30. The van der Waals surface area contributed by atoms with Crippen LogP contribution in [0.4, 0.5) is 0 Å². The van der Waals surface area contributed by atoms with Crippen LogP contribution in [-0.2, 0) is 0 Å². The highest BCUT2D eigenvalue weighted by molar-refractivity contribution is 5.53. The number of nitrogens with two attached hydrogens (primary N) is 1. The van der Waals surface area contributed by atoms with E-state index in [1.165, 1.54) is 0 Å². The Labute approximate surface area is 101 Å². The van der Waals surface area contributed by atoms with Crippen molar-refractivity contribution in [3.05, 3.63) is 30.4 Å². The molecule has 3 N–H and O–H groups in total. The second-order valence-electron chi connectivity index (χ2n) is 4.42. The van der Waals surface area contributed by atoms with E-state index in [1.54, 1.807) is 6.20 Å². The summed E-state index contributed by atoms with van der Waals surface area (Å²) in [6, 6.07) is 0.122. The molecule has 2 aromatic rings. The van der Waals surface area contributed by atoms with Crippen LogP contribution in [0.2, 0.25) is 0 Å². The molecule has 0 amide bonds. The smallest absolute Gasteiger partial charge is 0.0893 e. The monoisotopic (exact) mass is 233 g/mol. The van der Waals surface area contributed by atoms with Gasteiger partial charge in [-0.15, -0.1) is 0 Å². The average molecular weight is 233 g/mol. The van der Waals surface area contributed by atoms with Gasteiger partial charge in [0.15, 0.2) is 0 Å². The SMILES string of the molecule is CCCC(C)C(NN)c1cnn2ccncc12. The zero-order valence-corrected chi connectivity index (χ0v) is 10.3. The van der Waals surface area contributed by atoms with Crippen molar-refractivity contribution in [2.24, 2.45) is 11.8 Å². The minimum Gasteiger partial charge on any atom is -0.271 e. The quantitative estimate of drug-likeness (QED) is 0.609. The molecular weight excluding hydrogens is 214 g/mol. The van der Waals surface area contributed by atoms with Crippen LogP contribution in [-0.4, -0.2) is 14.6 Å². The summed E-state index contributed by atoms with van der Waals surface area (Å²) in [5.41, 5.74) is 5.03. The highest BCUT2D eigenvalue weighted by atomic mass is 15.3. The number of hydrogen-bond acceptors (Lipinski definition) is 4. The Morgan fingerprint density at radius 1 is 1.47 bits per heavy atom. The normalized spacial score (nSPS) is 15.0. The topological polar surface area (TPSA) is 68.2 Å². The number of hydrazine groups is 1. The first kappa shape index (κ1) is 12.0. The summed E-state index contributed by atoms with van der Waals surface area (Å²) in [7, 11) is 0. The molecule has 2 rings (SSSR count). The maximum atomic E-state index is 5.68. The van der Waals surface area contributed by atoms with Gasteiger partial charge in [-0.25, -0.2) is 4.52 Å². The van der Waals surface area contributed by atoms with Gasteiger partial charge in [0.05, 0.1) is 24.0 Å². The molecule has 0 aliphatic heterocycles. The molecule has 2 atom stereocenters. The first-order valence-corrected chi connectivity index (χ1v) is 6.01. The number of rotatable bonds is 5. The first-order valence-electron chi connectivity index (χ1n) is 6.01. The fourth-order valence-electron chi connectivity index (χ4n) is 2.27. The Hall–Kier alpha value is -1.46. The highest BCUT2D eigenvalue weighted by Gasteiger charge is 2.20. The van der Waals surface area contributed by atoms with Crippen LogP contribution in [0, 0.1) is 5.92 Å². The molecule has 0 saturated heterocycles. The van der Waals surface area contributed by atoms with Crippen LogP contribution in [0.15, 0.2) is 24.8 Å². The van der Waals surface area contributed by atoms with Gasteiger partial charge in [-0.05, 0) is 12.3 Å². The van der Waals surface area contributed by atoms with E-state index in [9.17, 15) is 0 Å². The number of aromatic nitrogens is 3. The van der Waals surface area contributed by atoms with E-state index in [2.05, 4.69) is 29.4 Å². The summed E-state index contributed by atoms with van der Waals surface area (Å²) < 4.78 is 1.82. The number of hydrogen-bond donors (Lipinski definition) is 2. The Morgan fingerprint density at radius 2 is 2.29 bits per heavy atom. The van der Waals surface area contributed by atoms with Gasteiger partial charge in [-0.2, -0.15) is 5.10 Å². The van der Waals surface area contributed by atoms with Crippen LogP contribution in [0.5, 0.6) is 0 Å². The summed E-state index contributed by atoms with van der Waals surface area (Å²) in [5.74, 6) is 6.15. The molecule has 5 heteroatoms. The van der Waals surface area contributed by atoms with E-state index in [1.807, 2.05) is 23.1 Å². The van der Waals surface area contributed by atoms with Gasteiger partial charge in [-0.3, -0.25) is 16.3 Å². The van der Waals surface area contributed by atoms with Crippen LogP contribution < -0.4 is 11.3 Å². The van der Waals surface area contributed by atoms with Gasteiger partial charge in [0.25, 0.3) is 0 Å². The summed E-state index contributed by atoms with van der Waals surface area (Å²) in [5, 5.41) is 4.31. The molecule has 2 aromatic heterocycles. The van der Waals surface area contributed by atoms with Crippen LogP contribution in [0.3, 0.4) is 0 Å². The van der Waals surface area contributed by atoms with Gasteiger partial charge < -0.3 is 0 Å². The molecule has 0 aliphatic rings. The fraction of sp³-hybridized carbons (Fsp3) is 0.500. The minimum atomic E-state index is 0.122. The van der Waals surface area contributed by atoms with E-state index < -0.39 is 0 Å². The molecule has 0 spiro atoms. The molecule has 0 aliphatic carbocycles. The Morgan fingerprint density at radius 3 is 3.00 bits per heavy atom. The predicted molar refractivity (Wildman–Crippen MR) is 67.1 cm³/mol. The predicted octanol–water partition coefficient (Wildman–Crippen LogP) is 1.67. The van der Waals surface area contributed by atoms with Crippen molar-refractivity contribution in [2.45, 2.75) is 32.7 Å². The maximum Gasteiger partial charge on any atom is 0.0893 e. The molecule has 5 nitrogen and oxygen atoms in total. The average Bonchev–Trinajstić information content (AvgIpc) is 2.75. The van der Waals surface area contributed by atoms with Gasteiger partial charge in [0.2, 0.25) is 0 Å². The molecule has 0 bridgehead atoms. The third-order valence-electron chi connectivity index (χ3n) is 3.18. The summed E-state index contributed by atoms with van der Waals surface area (Å²) >= 11 is 0. The van der Waals surface area contributed by atoms with Gasteiger partial charge in [-0.1, -0.05) is 20.3 Å². The largest absolute Gasteiger partial charge is 0.271 e. The second-order valence-corrected chi connectivity index (χ2v) is 4.42. The standard InChI is InChI=1S/C12H19N5/c1-3-4-9(2)12(16-13)10-7-15-17-6-5-14-8-11(10)17/h5-9,12,16H,3-4,13H2,1-2H3. The Kier molecular flexibility index (Phi) is 3.71. The third-order valence-corrected chi connectivity index (χ3v) is 3.18. The van der Waals surface area contributed by atoms with E-state index in [-0.39, 0.29) is 6.04 Å². The lowest BCUT2D eigenvalue weighted by Gasteiger charge is -2.22. The van der Waals surface area contributed by atoms with Crippen molar-refractivity contribution in [2.75, 3.05) is 0 Å². The molecule has 92 valence electrons. The van der Waals surface area contributed by atoms with E-state index in [4.69, 9.17) is 5.84 Å². The van der Waals surface area contributed by atoms with E-state index in [0.717, 1.165) is 23.9 Å². The Bertz CT molecular complexity index is 478. The second kappa shape index (κ2) is 5.25. The number of fused-ring (bicyclic) bond motifs is 1. The van der Waals surface area contributed by atoms with E-state index in [0.29, 0.717) is 5.92 Å². The van der Waals surface area contributed by atoms with Crippen molar-refractivity contribution >= 4 is 5.52 Å². The van der Waals surface area contributed by atoms with Crippen molar-refractivity contribution in [3.8, 4) is 0 Å². The number of nitrogens with zero attached hydrogens (tertiary/aromatic N) is 3. The van der Waals surface area contributed by atoms with Crippen molar-refractivity contribution < 1.29 is 0 Å². The number of nitrogens with one attached hydrogen (secondary N) is 1. The fourth-order valence-corrected chi connectivity index (χ4v) is 2.27. The van der Waals surface area contributed by atoms with Crippen LogP contribution in [0.25, 0.3) is 5.52 Å². The highest BCUT2D eigenvalue weighted by Crippen LogP contribution is 2.27. The minimum absolute atomic E-state index is 0.122. The summed E-state index contributed by atoms with van der Waals surface area (Å²) in [4.78, 5) is 4.14. The molecule has 0 saturated carbocycles. The zero-order chi connectivity index (χ0) is 12.3. The molecule has 0 radical (unpaired) electrons. The molecule has 2 heterocycles. The molecule has 2 unspecified atom stereocenters. The zero-order valence-electron chi connectivity index (χ0n) is 10.3. The van der Waals surface area contributed by atoms with Gasteiger partial charge >= 0.3 is 0 Å². The Balaban J connectivity index is 2.36. The molecule has 0 fully saturated rings. The molecular formula is C12H19N5. The van der Waals surface area contributed by atoms with E-state index >= 15 is 0 Å². The summed E-state index contributed by atoms with van der Waals surface area (Å²) in [6.07, 6.45) is 9.54. The van der Waals surface area contributed by atoms with Gasteiger partial charge in [0, 0.05) is 18.0 Å². The van der Waals surface area contributed by atoms with Crippen molar-refractivity contribution in [1.29, 1.82) is 0 Å².